The van der Waals surface area contributed by atoms with Gasteiger partial charge in [-0.3, -0.25) is 0 Å². The predicted molar refractivity (Wildman–Crippen MR) is 90.8 cm³/mol. The first-order chi connectivity index (χ1) is 11.5. The molecule has 0 amide bonds. The molecule has 1 saturated heterocycles. The summed E-state index contributed by atoms with van der Waals surface area (Å²) in [6.07, 6.45) is 4.72. The Morgan fingerprint density at radius 1 is 1.33 bits per heavy atom. The van der Waals surface area contributed by atoms with Gasteiger partial charge in [0.15, 0.2) is 5.82 Å². The van der Waals surface area contributed by atoms with Crippen LogP contribution in [-0.4, -0.2) is 36.0 Å². The first kappa shape index (κ1) is 16.5. The van der Waals surface area contributed by atoms with Crippen molar-refractivity contribution in [2.45, 2.75) is 42.2 Å². The minimum Gasteiger partial charge on any atom is -0.339 e. The Morgan fingerprint density at radius 3 is 2.88 bits per heavy atom. The van der Waals surface area contributed by atoms with Crippen LogP contribution < -0.4 is 0 Å². The smallest absolute Gasteiger partial charge is 0.252 e. The van der Waals surface area contributed by atoms with Crippen molar-refractivity contribution >= 4 is 33.0 Å². The molecule has 0 bridgehead atoms. The van der Waals surface area contributed by atoms with E-state index in [1.807, 2.05) is 0 Å². The number of thiophene rings is 1. The van der Waals surface area contributed by atoms with Crippen LogP contribution in [-0.2, 0) is 16.4 Å². The molecule has 3 heterocycles. The van der Waals surface area contributed by atoms with Crippen LogP contribution >= 0.6 is 22.9 Å². The van der Waals surface area contributed by atoms with Crippen LogP contribution in [0.1, 0.15) is 43.3 Å². The van der Waals surface area contributed by atoms with E-state index in [-0.39, 0.29) is 5.92 Å². The van der Waals surface area contributed by atoms with Crippen molar-refractivity contribution in [1.82, 2.24) is 14.4 Å². The van der Waals surface area contributed by atoms with Gasteiger partial charge in [0, 0.05) is 25.4 Å². The Balaban J connectivity index is 1.44. The molecule has 0 spiro atoms. The average molecular weight is 388 g/mol. The number of sulfonamides is 1. The topological polar surface area (TPSA) is 76.3 Å². The molecule has 1 aliphatic carbocycles. The summed E-state index contributed by atoms with van der Waals surface area (Å²) in [7, 11) is -3.46. The van der Waals surface area contributed by atoms with Crippen molar-refractivity contribution in [1.29, 1.82) is 0 Å². The molecule has 0 N–H and O–H groups in total. The van der Waals surface area contributed by atoms with Crippen LogP contribution in [0.3, 0.4) is 0 Å². The lowest BCUT2D eigenvalue weighted by Crippen LogP contribution is -2.40. The third kappa shape index (κ3) is 3.37. The highest BCUT2D eigenvalue weighted by Crippen LogP contribution is 2.38. The van der Waals surface area contributed by atoms with E-state index in [1.165, 1.54) is 0 Å². The second-order valence-electron chi connectivity index (χ2n) is 6.45. The highest BCUT2D eigenvalue weighted by Gasteiger charge is 2.33. The molecule has 130 valence electrons. The van der Waals surface area contributed by atoms with E-state index < -0.39 is 10.0 Å². The van der Waals surface area contributed by atoms with E-state index >= 15 is 0 Å². The van der Waals surface area contributed by atoms with Gasteiger partial charge < -0.3 is 4.52 Å². The fraction of sp³-hybridized carbons (Fsp3) is 0.600. The second-order valence-corrected chi connectivity index (χ2v) is 10.3. The number of aromatic nitrogens is 2. The maximum atomic E-state index is 12.7. The van der Waals surface area contributed by atoms with E-state index in [0.29, 0.717) is 39.9 Å². The largest absolute Gasteiger partial charge is 0.339 e. The van der Waals surface area contributed by atoms with Gasteiger partial charge in [-0.1, -0.05) is 16.8 Å². The van der Waals surface area contributed by atoms with Crippen LogP contribution in [0.2, 0.25) is 4.34 Å². The van der Waals surface area contributed by atoms with Gasteiger partial charge in [0.25, 0.3) is 10.0 Å². The molecular formula is C15H18ClN3O3S2. The lowest BCUT2D eigenvalue weighted by molar-refractivity contribution is 0.247. The normalized spacial score (nSPS) is 22.8. The van der Waals surface area contributed by atoms with Crippen LogP contribution in [0.5, 0.6) is 0 Å². The molecule has 1 atom stereocenters. The van der Waals surface area contributed by atoms with E-state index in [1.54, 1.807) is 16.4 Å². The molecule has 4 rings (SSSR count). The minimum atomic E-state index is -3.46. The Labute approximate surface area is 149 Å². The number of piperidine rings is 1. The molecule has 2 aliphatic rings. The van der Waals surface area contributed by atoms with Crippen LogP contribution in [0, 0.1) is 5.92 Å². The van der Waals surface area contributed by atoms with Crippen molar-refractivity contribution in [2.24, 2.45) is 5.92 Å². The van der Waals surface area contributed by atoms with Crippen molar-refractivity contribution in [3.8, 4) is 0 Å². The zero-order chi connectivity index (χ0) is 16.7. The summed E-state index contributed by atoms with van der Waals surface area (Å²) in [5.74, 6) is 2.10. The number of rotatable bonds is 5. The maximum Gasteiger partial charge on any atom is 0.252 e. The van der Waals surface area contributed by atoms with Crippen LogP contribution in [0.4, 0.5) is 0 Å². The van der Waals surface area contributed by atoms with Crippen molar-refractivity contribution in [3.05, 3.63) is 28.2 Å². The summed E-state index contributed by atoms with van der Waals surface area (Å²) in [4.78, 5) is 4.45. The van der Waals surface area contributed by atoms with Crippen LogP contribution in [0.25, 0.3) is 0 Å². The molecule has 1 saturated carbocycles. The van der Waals surface area contributed by atoms with Gasteiger partial charge >= 0.3 is 0 Å². The van der Waals surface area contributed by atoms with E-state index in [0.717, 1.165) is 42.8 Å². The summed E-state index contributed by atoms with van der Waals surface area (Å²) < 4.78 is 33.1. The molecule has 6 nitrogen and oxygen atoms in total. The van der Waals surface area contributed by atoms with Gasteiger partial charge in [-0.15, -0.1) is 11.3 Å². The zero-order valence-corrected chi connectivity index (χ0v) is 15.4. The molecule has 1 aliphatic heterocycles. The van der Waals surface area contributed by atoms with E-state index in [9.17, 15) is 8.42 Å². The molecular weight excluding hydrogens is 370 g/mol. The van der Waals surface area contributed by atoms with Crippen molar-refractivity contribution in [3.63, 3.8) is 0 Å². The third-order valence-electron chi connectivity index (χ3n) is 4.51. The van der Waals surface area contributed by atoms with E-state index in [2.05, 4.69) is 10.1 Å². The first-order valence-electron chi connectivity index (χ1n) is 8.10. The zero-order valence-electron chi connectivity index (χ0n) is 13.0. The summed E-state index contributed by atoms with van der Waals surface area (Å²) in [5.41, 5.74) is 0. The Morgan fingerprint density at radius 2 is 2.17 bits per heavy atom. The summed E-state index contributed by atoms with van der Waals surface area (Å²) in [5, 5.41) is 4.03. The van der Waals surface area contributed by atoms with Gasteiger partial charge in [-0.2, -0.15) is 9.29 Å². The summed E-state index contributed by atoms with van der Waals surface area (Å²) >= 11 is 6.98. The van der Waals surface area contributed by atoms with Crippen molar-refractivity contribution in [2.75, 3.05) is 13.1 Å². The monoisotopic (exact) mass is 387 g/mol. The molecule has 0 unspecified atom stereocenters. The molecule has 24 heavy (non-hydrogen) atoms. The SMILES string of the molecule is O=S(=O)(c1ccc(Cl)s1)N1CCC[C@H](Cc2nc(C3CC3)no2)C1. The Kier molecular flexibility index (Phi) is 4.40. The van der Waals surface area contributed by atoms with Gasteiger partial charge in [-0.25, -0.2) is 8.42 Å². The number of nitrogens with zero attached hydrogens (tertiary/aromatic N) is 3. The molecule has 2 aromatic heterocycles. The molecule has 0 aromatic carbocycles. The Bertz CT molecular complexity index is 829. The minimum absolute atomic E-state index is 0.205. The molecule has 2 fully saturated rings. The number of hydrogen-bond donors (Lipinski definition) is 0. The quantitative estimate of drug-likeness (QED) is 0.786. The lowest BCUT2D eigenvalue weighted by Gasteiger charge is -2.30. The van der Waals surface area contributed by atoms with Crippen LogP contribution in [0.15, 0.2) is 20.9 Å². The third-order valence-corrected chi connectivity index (χ3v) is 8.08. The van der Waals surface area contributed by atoms with Crippen molar-refractivity contribution < 1.29 is 12.9 Å². The Hall–Kier alpha value is -0.960. The van der Waals surface area contributed by atoms with Gasteiger partial charge in [-0.05, 0) is 43.7 Å². The van der Waals surface area contributed by atoms with Gasteiger partial charge in [0.2, 0.25) is 5.89 Å². The maximum absolute atomic E-state index is 12.7. The van der Waals surface area contributed by atoms with E-state index in [4.69, 9.17) is 16.1 Å². The number of hydrogen-bond acceptors (Lipinski definition) is 6. The average Bonchev–Trinajstić information content (AvgIpc) is 3.15. The fourth-order valence-electron chi connectivity index (χ4n) is 3.08. The highest BCUT2D eigenvalue weighted by molar-refractivity contribution is 7.91. The number of halogens is 1. The highest BCUT2D eigenvalue weighted by atomic mass is 35.5. The molecule has 9 heteroatoms. The fourth-order valence-corrected chi connectivity index (χ4v) is 6.27. The van der Waals surface area contributed by atoms with Gasteiger partial charge in [0.05, 0.1) is 4.34 Å². The lowest BCUT2D eigenvalue weighted by atomic mass is 9.96. The summed E-state index contributed by atoms with van der Waals surface area (Å²) in [6, 6.07) is 3.20. The molecule has 0 radical (unpaired) electrons. The molecule has 2 aromatic rings. The summed E-state index contributed by atoms with van der Waals surface area (Å²) in [6.45, 7) is 1.03. The first-order valence-corrected chi connectivity index (χ1v) is 10.7. The second kappa shape index (κ2) is 6.40. The van der Waals surface area contributed by atoms with Gasteiger partial charge in [0.1, 0.15) is 4.21 Å². The standard InChI is InChI=1S/C15H18ClN3O3S2/c16-12-5-6-14(23-12)24(20,21)19-7-1-2-10(9-19)8-13-17-15(18-22-13)11-3-4-11/h5-6,10-11H,1-4,7-9H2/t10-/m1/s1. The predicted octanol–water partition coefficient (Wildman–Crippen LogP) is 3.31.